The van der Waals surface area contributed by atoms with Crippen LogP contribution in [0.1, 0.15) is 44.4 Å². The van der Waals surface area contributed by atoms with Gasteiger partial charge in [-0.3, -0.25) is 9.59 Å². The monoisotopic (exact) mass is 407 g/mol. The zero-order chi connectivity index (χ0) is 21.3. The summed E-state index contributed by atoms with van der Waals surface area (Å²) in [6, 6.07) is 10.0. The van der Waals surface area contributed by atoms with E-state index in [2.05, 4.69) is 10.2 Å². The van der Waals surface area contributed by atoms with Crippen molar-refractivity contribution in [2.24, 2.45) is 11.7 Å². The first kappa shape index (κ1) is 20.3. The number of rotatable bonds is 5. The molecule has 1 saturated heterocycles. The summed E-state index contributed by atoms with van der Waals surface area (Å²) in [6.45, 7) is 4.72. The summed E-state index contributed by atoms with van der Waals surface area (Å²) in [4.78, 5) is 36.4. The topological polar surface area (TPSA) is 101 Å². The minimum absolute atomic E-state index is 0.127. The van der Waals surface area contributed by atoms with E-state index in [1.807, 2.05) is 30.3 Å². The van der Waals surface area contributed by atoms with E-state index in [9.17, 15) is 9.59 Å². The molecule has 4 rings (SSSR count). The standard InChI is InChI=1S/C23H29N5O2/c1-23(2,22(24)30)27-21(29)16-10-7-13-28(14-16)20-17-11-6-12-18(17)25-19(26-20)15-8-4-3-5-9-15/h3-5,8-9,16H,6-7,10-14H2,1-2H3,(H2,24,30)(H,27,29)/t16-/m0/s1. The van der Waals surface area contributed by atoms with Crippen molar-refractivity contribution < 1.29 is 9.59 Å². The third-order valence-corrected chi connectivity index (χ3v) is 6.09. The van der Waals surface area contributed by atoms with Gasteiger partial charge in [-0.2, -0.15) is 0 Å². The molecule has 0 bridgehead atoms. The van der Waals surface area contributed by atoms with Crippen molar-refractivity contribution in [3.05, 3.63) is 41.6 Å². The van der Waals surface area contributed by atoms with E-state index in [0.29, 0.717) is 6.54 Å². The predicted molar refractivity (Wildman–Crippen MR) is 116 cm³/mol. The SMILES string of the molecule is CC(C)(NC(=O)[C@H]1CCCN(c2nc(-c3ccccc3)nc3c2CCC3)C1)C(N)=O. The van der Waals surface area contributed by atoms with Gasteiger partial charge in [0.2, 0.25) is 11.8 Å². The molecule has 3 N–H and O–H groups in total. The summed E-state index contributed by atoms with van der Waals surface area (Å²) >= 11 is 0. The Kier molecular flexibility index (Phi) is 5.45. The van der Waals surface area contributed by atoms with Gasteiger partial charge in [0.05, 0.1) is 5.92 Å². The first-order valence-corrected chi connectivity index (χ1v) is 10.7. The number of nitrogens with two attached hydrogens (primary N) is 1. The maximum absolute atomic E-state index is 12.8. The Hall–Kier alpha value is -2.96. The molecule has 0 saturated carbocycles. The van der Waals surface area contributed by atoms with E-state index < -0.39 is 11.4 Å². The lowest BCUT2D eigenvalue weighted by molar-refractivity contribution is -0.132. The molecule has 1 aromatic heterocycles. The highest BCUT2D eigenvalue weighted by Crippen LogP contribution is 2.33. The summed E-state index contributed by atoms with van der Waals surface area (Å²) in [7, 11) is 0. The van der Waals surface area contributed by atoms with E-state index in [4.69, 9.17) is 15.7 Å². The Morgan fingerprint density at radius 1 is 1.13 bits per heavy atom. The van der Waals surface area contributed by atoms with E-state index >= 15 is 0 Å². The van der Waals surface area contributed by atoms with Gasteiger partial charge in [-0.05, 0) is 46.0 Å². The highest BCUT2D eigenvalue weighted by molar-refractivity contribution is 5.90. The van der Waals surface area contributed by atoms with Gasteiger partial charge in [0.1, 0.15) is 11.4 Å². The number of benzene rings is 1. The molecule has 2 aliphatic rings. The molecule has 2 amide bonds. The number of nitrogens with one attached hydrogen (secondary N) is 1. The molecule has 0 radical (unpaired) electrons. The van der Waals surface area contributed by atoms with Crippen molar-refractivity contribution in [2.75, 3.05) is 18.0 Å². The van der Waals surface area contributed by atoms with Gasteiger partial charge in [-0.1, -0.05) is 30.3 Å². The highest BCUT2D eigenvalue weighted by atomic mass is 16.2. The van der Waals surface area contributed by atoms with Crippen LogP contribution in [0.3, 0.4) is 0 Å². The average molecular weight is 408 g/mol. The van der Waals surface area contributed by atoms with Crippen LogP contribution in [-0.2, 0) is 22.4 Å². The Morgan fingerprint density at radius 2 is 1.90 bits per heavy atom. The Labute approximate surface area is 177 Å². The number of hydrogen-bond donors (Lipinski definition) is 2. The maximum Gasteiger partial charge on any atom is 0.242 e. The summed E-state index contributed by atoms with van der Waals surface area (Å²) < 4.78 is 0. The highest BCUT2D eigenvalue weighted by Gasteiger charge is 2.34. The number of aromatic nitrogens is 2. The van der Waals surface area contributed by atoms with Crippen LogP contribution in [0.5, 0.6) is 0 Å². The number of nitrogens with zero attached hydrogens (tertiary/aromatic N) is 3. The first-order chi connectivity index (χ1) is 14.3. The normalized spacial score (nSPS) is 18.7. The third-order valence-electron chi connectivity index (χ3n) is 6.09. The molecule has 2 aromatic rings. The molecule has 1 aliphatic heterocycles. The lowest BCUT2D eigenvalue weighted by Crippen LogP contribution is -2.56. The second-order valence-electron chi connectivity index (χ2n) is 8.78. The lowest BCUT2D eigenvalue weighted by Gasteiger charge is -2.35. The molecule has 7 heteroatoms. The molecule has 7 nitrogen and oxygen atoms in total. The van der Waals surface area contributed by atoms with Crippen LogP contribution in [0.2, 0.25) is 0 Å². The van der Waals surface area contributed by atoms with Crippen LogP contribution < -0.4 is 16.0 Å². The largest absolute Gasteiger partial charge is 0.368 e. The first-order valence-electron chi connectivity index (χ1n) is 10.7. The van der Waals surface area contributed by atoms with Gasteiger partial charge in [0, 0.05) is 29.9 Å². The van der Waals surface area contributed by atoms with Crippen molar-refractivity contribution in [1.82, 2.24) is 15.3 Å². The number of amides is 2. The van der Waals surface area contributed by atoms with Gasteiger partial charge in [0.15, 0.2) is 5.82 Å². The number of primary amides is 1. The predicted octanol–water partition coefficient (Wildman–Crippen LogP) is 2.23. The van der Waals surface area contributed by atoms with Crippen LogP contribution in [0.4, 0.5) is 5.82 Å². The van der Waals surface area contributed by atoms with Crippen LogP contribution in [-0.4, -0.2) is 40.4 Å². The minimum atomic E-state index is -1.06. The summed E-state index contributed by atoms with van der Waals surface area (Å²) in [5, 5.41) is 2.81. The molecule has 2 heterocycles. The van der Waals surface area contributed by atoms with Gasteiger partial charge in [0.25, 0.3) is 0 Å². The molecule has 1 atom stereocenters. The maximum atomic E-state index is 12.8. The van der Waals surface area contributed by atoms with E-state index in [-0.39, 0.29) is 11.8 Å². The molecule has 0 unspecified atom stereocenters. The Morgan fingerprint density at radius 3 is 2.63 bits per heavy atom. The second kappa shape index (κ2) is 8.05. The van der Waals surface area contributed by atoms with Crippen molar-refractivity contribution in [3.8, 4) is 11.4 Å². The fraction of sp³-hybridized carbons (Fsp3) is 0.478. The quantitative estimate of drug-likeness (QED) is 0.791. The number of aryl methyl sites for hydroxylation is 1. The number of anilines is 1. The fourth-order valence-corrected chi connectivity index (χ4v) is 4.25. The number of hydrogen-bond acceptors (Lipinski definition) is 5. The van der Waals surface area contributed by atoms with Crippen molar-refractivity contribution >= 4 is 17.6 Å². The van der Waals surface area contributed by atoms with Crippen molar-refractivity contribution in [1.29, 1.82) is 0 Å². The molecule has 30 heavy (non-hydrogen) atoms. The zero-order valence-electron chi connectivity index (χ0n) is 17.6. The molecule has 1 fully saturated rings. The Bertz CT molecular complexity index is 958. The number of carbonyl (C=O) groups excluding carboxylic acids is 2. The van der Waals surface area contributed by atoms with Gasteiger partial charge in [-0.25, -0.2) is 9.97 Å². The molecule has 1 aromatic carbocycles. The minimum Gasteiger partial charge on any atom is -0.368 e. The van der Waals surface area contributed by atoms with Crippen molar-refractivity contribution in [3.63, 3.8) is 0 Å². The van der Waals surface area contributed by atoms with Gasteiger partial charge < -0.3 is 16.0 Å². The molecule has 1 aliphatic carbocycles. The third kappa shape index (κ3) is 4.01. The molecule has 158 valence electrons. The molecular formula is C23H29N5O2. The number of fused-ring (bicyclic) bond motifs is 1. The molecule has 0 spiro atoms. The van der Waals surface area contributed by atoms with Gasteiger partial charge >= 0.3 is 0 Å². The van der Waals surface area contributed by atoms with Crippen LogP contribution >= 0.6 is 0 Å². The second-order valence-corrected chi connectivity index (χ2v) is 8.78. The summed E-state index contributed by atoms with van der Waals surface area (Å²) in [5.41, 5.74) is 7.70. The fourth-order valence-electron chi connectivity index (χ4n) is 4.25. The smallest absolute Gasteiger partial charge is 0.242 e. The zero-order valence-corrected chi connectivity index (χ0v) is 17.6. The summed E-state index contributed by atoms with van der Waals surface area (Å²) in [5.74, 6) is 0.836. The van der Waals surface area contributed by atoms with Crippen LogP contribution in [0.15, 0.2) is 30.3 Å². The average Bonchev–Trinajstić information content (AvgIpc) is 3.22. The number of carbonyl (C=O) groups is 2. The van der Waals surface area contributed by atoms with E-state index in [1.54, 1.807) is 13.8 Å². The van der Waals surface area contributed by atoms with Crippen LogP contribution in [0.25, 0.3) is 11.4 Å². The van der Waals surface area contributed by atoms with Crippen molar-refractivity contribution in [2.45, 2.75) is 51.5 Å². The van der Waals surface area contributed by atoms with E-state index in [0.717, 1.165) is 61.5 Å². The molecular weight excluding hydrogens is 378 g/mol. The summed E-state index contributed by atoms with van der Waals surface area (Å²) in [6.07, 6.45) is 4.71. The Balaban J connectivity index is 1.60. The lowest BCUT2D eigenvalue weighted by atomic mass is 9.94. The van der Waals surface area contributed by atoms with Gasteiger partial charge in [-0.15, -0.1) is 0 Å². The number of piperidine rings is 1. The van der Waals surface area contributed by atoms with E-state index in [1.165, 1.54) is 5.56 Å². The van der Waals surface area contributed by atoms with Crippen LogP contribution in [0, 0.1) is 5.92 Å².